The second-order valence-electron chi connectivity index (χ2n) is 6.22. The zero-order valence-corrected chi connectivity index (χ0v) is 13.9. The fourth-order valence-corrected chi connectivity index (χ4v) is 2.65. The number of benzene rings is 1. The number of nitrogens with one attached hydrogen (secondary N) is 1. The summed E-state index contributed by atoms with van der Waals surface area (Å²) in [6.45, 7) is 1.58. The number of ether oxygens (including phenoxy) is 1. The van der Waals surface area contributed by atoms with Gasteiger partial charge in [0, 0.05) is 25.3 Å². The molecular formula is C17H23FN2O4. The number of carbonyl (C=O) groups is 2. The molecule has 2 amide bonds. The molecule has 1 atom stereocenters. The molecule has 6 nitrogen and oxygen atoms in total. The smallest absolute Gasteiger partial charge is 0.321 e. The van der Waals surface area contributed by atoms with E-state index in [0.717, 1.165) is 25.7 Å². The van der Waals surface area contributed by atoms with Crippen molar-refractivity contribution in [2.45, 2.75) is 38.7 Å². The second-order valence-corrected chi connectivity index (χ2v) is 6.22. The molecule has 1 aliphatic carbocycles. The second kappa shape index (κ2) is 7.99. The van der Waals surface area contributed by atoms with Crippen molar-refractivity contribution in [2.75, 3.05) is 18.9 Å². The highest BCUT2D eigenvalue weighted by Gasteiger charge is 2.20. The fourth-order valence-electron chi connectivity index (χ4n) is 2.65. The van der Waals surface area contributed by atoms with E-state index in [1.54, 1.807) is 6.07 Å². The molecule has 1 fully saturated rings. The van der Waals surface area contributed by atoms with E-state index in [-0.39, 0.29) is 18.4 Å². The van der Waals surface area contributed by atoms with Crippen LogP contribution in [0, 0.1) is 11.7 Å². The molecule has 0 radical (unpaired) electrons. The van der Waals surface area contributed by atoms with E-state index in [9.17, 15) is 14.0 Å². The summed E-state index contributed by atoms with van der Waals surface area (Å²) < 4.78 is 19.7. The lowest BCUT2D eigenvalue weighted by molar-refractivity contribution is -0.141. The minimum atomic E-state index is -0.978. The van der Waals surface area contributed by atoms with Crippen molar-refractivity contribution >= 4 is 17.7 Å². The third-order valence-electron chi connectivity index (χ3n) is 4.09. The molecule has 7 heteroatoms. The predicted molar refractivity (Wildman–Crippen MR) is 87.7 cm³/mol. The van der Waals surface area contributed by atoms with Gasteiger partial charge in [0.1, 0.15) is 0 Å². The first-order valence-electron chi connectivity index (χ1n) is 8.08. The Morgan fingerprint density at radius 2 is 2.08 bits per heavy atom. The maximum Gasteiger partial charge on any atom is 0.321 e. The summed E-state index contributed by atoms with van der Waals surface area (Å²) in [5.74, 6) is -2.00. The van der Waals surface area contributed by atoms with Crippen LogP contribution in [0.15, 0.2) is 18.2 Å². The molecule has 24 heavy (non-hydrogen) atoms. The van der Waals surface area contributed by atoms with Gasteiger partial charge in [0.15, 0.2) is 11.6 Å². The molecule has 0 spiro atoms. The van der Waals surface area contributed by atoms with Gasteiger partial charge in [0.05, 0.1) is 12.0 Å². The molecule has 0 heterocycles. The van der Waals surface area contributed by atoms with Crippen LogP contribution in [-0.2, 0) is 4.79 Å². The Kier molecular flexibility index (Phi) is 6.00. The molecule has 2 rings (SSSR count). The number of anilines is 1. The summed E-state index contributed by atoms with van der Waals surface area (Å²) >= 11 is 0. The summed E-state index contributed by atoms with van der Waals surface area (Å²) in [5, 5.41) is 11.4. The van der Waals surface area contributed by atoms with Crippen molar-refractivity contribution in [1.82, 2.24) is 4.90 Å². The Balaban J connectivity index is 1.93. The third kappa shape index (κ3) is 4.84. The number of amides is 2. The first-order valence-corrected chi connectivity index (χ1v) is 8.08. The van der Waals surface area contributed by atoms with Gasteiger partial charge in [-0.05, 0) is 37.8 Å². The minimum Gasteiger partial charge on any atom is -0.487 e. The highest BCUT2D eigenvalue weighted by molar-refractivity contribution is 5.89. The first kappa shape index (κ1) is 18.0. The van der Waals surface area contributed by atoms with Crippen molar-refractivity contribution in [1.29, 1.82) is 0 Å². The van der Waals surface area contributed by atoms with Gasteiger partial charge in [-0.3, -0.25) is 4.79 Å². The normalized spacial score (nSPS) is 15.8. The average Bonchev–Trinajstić information content (AvgIpc) is 3.02. The number of carbonyl (C=O) groups excluding carboxylic acids is 1. The molecule has 1 aliphatic rings. The van der Waals surface area contributed by atoms with Crippen LogP contribution in [0.25, 0.3) is 0 Å². The van der Waals surface area contributed by atoms with E-state index in [2.05, 4.69) is 5.32 Å². The van der Waals surface area contributed by atoms with Gasteiger partial charge in [-0.1, -0.05) is 6.92 Å². The van der Waals surface area contributed by atoms with E-state index in [1.165, 1.54) is 31.0 Å². The number of rotatable bonds is 6. The van der Waals surface area contributed by atoms with Crippen LogP contribution >= 0.6 is 0 Å². The van der Waals surface area contributed by atoms with Gasteiger partial charge >= 0.3 is 12.0 Å². The number of carboxylic acids is 1. The zero-order chi connectivity index (χ0) is 17.7. The Labute approximate surface area is 140 Å². The first-order chi connectivity index (χ1) is 11.4. The van der Waals surface area contributed by atoms with Crippen LogP contribution in [0.1, 0.15) is 32.6 Å². The van der Waals surface area contributed by atoms with Gasteiger partial charge in [-0.2, -0.15) is 0 Å². The molecule has 0 aliphatic heterocycles. The van der Waals surface area contributed by atoms with Crippen LogP contribution in [0.4, 0.5) is 14.9 Å². The van der Waals surface area contributed by atoms with E-state index in [0.29, 0.717) is 5.69 Å². The topological polar surface area (TPSA) is 78.9 Å². The van der Waals surface area contributed by atoms with Crippen LogP contribution in [0.3, 0.4) is 0 Å². The van der Waals surface area contributed by atoms with Crippen molar-refractivity contribution in [2.24, 2.45) is 5.92 Å². The largest absolute Gasteiger partial charge is 0.487 e. The number of urea groups is 1. The number of aliphatic carboxylic acids is 1. The minimum absolute atomic E-state index is 0.0589. The SMILES string of the molecule is CC(CN(C)C(=O)Nc1ccc(OC2CCCC2)c(F)c1)C(=O)O. The molecule has 1 unspecified atom stereocenters. The standard InChI is InChI=1S/C17H23FN2O4/c1-11(16(21)22)10-20(2)17(23)19-12-7-8-15(14(18)9-12)24-13-5-3-4-6-13/h7-9,11,13H,3-6,10H2,1-2H3,(H,19,23)(H,21,22). The lowest BCUT2D eigenvalue weighted by Gasteiger charge is -2.20. The van der Waals surface area contributed by atoms with Crippen molar-refractivity contribution in [3.05, 3.63) is 24.0 Å². The van der Waals surface area contributed by atoms with Gasteiger partial charge in [0.25, 0.3) is 0 Å². The zero-order valence-electron chi connectivity index (χ0n) is 13.9. The van der Waals surface area contributed by atoms with Gasteiger partial charge in [-0.25, -0.2) is 9.18 Å². The van der Waals surface area contributed by atoms with E-state index >= 15 is 0 Å². The Bertz CT molecular complexity index is 602. The third-order valence-corrected chi connectivity index (χ3v) is 4.09. The Morgan fingerprint density at radius 1 is 1.42 bits per heavy atom. The van der Waals surface area contributed by atoms with Crippen molar-refractivity contribution in [3.63, 3.8) is 0 Å². The van der Waals surface area contributed by atoms with Gasteiger partial charge < -0.3 is 20.1 Å². The Morgan fingerprint density at radius 3 is 2.67 bits per heavy atom. The van der Waals surface area contributed by atoms with Crippen molar-refractivity contribution in [3.8, 4) is 5.75 Å². The molecule has 2 N–H and O–H groups in total. The predicted octanol–water partition coefficient (Wildman–Crippen LogP) is 3.33. The monoisotopic (exact) mass is 338 g/mol. The molecule has 0 bridgehead atoms. The number of hydrogen-bond acceptors (Lipinski definition) is 3. The Hall–Kier alpha value is -2.31. The van der Waals surface area contributed by atoms with Gasteiger partial charge in [0.2, 0.25) is 0 Å². The summed E-state index contributed by atoms with van der Waals surface area (Å²) in [7, 11) is 1.49. The van der Waals surface area contributed by atoms with Gasteiger partial charge in [-0.15, -0.1) is 0 Å². The maximum absolute atomic E-state index is 14.1. The molecular weight excluding hydrogens is 315 g/mol. The molecule has 132 valence electrons. The average molecular weight is 338 g/mol. The highest BCUT2D eigenvalue weighted by atomic mass is 19.1. The highest BCUT2D eigenvalue weighted by Crippen LogP contribution is 2.27. The number of hydrogen-bond donors (Lipinski definition) is 2. The van der Waals surface area contributed by atoms with Crippen LogP contribution in [-0.4, -0.2) is 41.7 Å². The summed E-state index contributed by atoms with van der Waals surface area (Å²) in [6.07, 6.45) is 4.13. The number of halogens is 1. The lowest BCUT2D eigenvalue weighted by atomic mass is 10.2. The molecule has 1 saturated carbocycles. The molecule has 1 aromatic carbocycles. The summed E-state index contributed by atoms with van der Waals surface area (Å²) in [6, 6.07) is 3.78. The van der Waals surface area contributed by atoms with E-state index in [4.69, 9.17) is 9.84 Å². The van der Waals surface area contributed by atoms with Crippen LogP contribution in [0.5, 0.6) is 5.75 Å². The molecule has 1 aromatic rings. The van der Waals surface area contributed by atoms with Crippen molar-refractivity contribution < 1.29 is 23.8 Å². The number of nitrogens with zero attached hydrogens (tertiary/aromatic N) is 1. The summed E-state index contributed by atoms with van der Waals surface area (Å²) in [5.41, 5.74) is 0.297. The fraction of sp³-hybridized carbons (Fsp3) is 0.529. The van der Waals surface area contributed by atoms with E-state index < -0.39 is 23.7 Å². The summed E-state index contributed by atoms with van der Waals surface area (Å²) in [4.78, 5) is 24.1. The molecule has 0 saturated heterocycles. The van der Waals surface area contributed by atoms with Crippen LogP contribution in [0.2, 0.25) is 0 Å². The molecule has 0 aromatic heterocycles. The quantitative estimate of drug-likeness (QED) is 0.834. The maximum atomic E-state index is 14.1. The van der Waals surface area contributed by atoms with E-state index in [1.807, 2.05) is 0 Å². The lowest BCUT2D eigenvalue weighted by Crippen LogP contribution is -2.36. The van der Waals surface area contributed by atoms with Crippen LogP contribution < -0.4 is 10.1 Å². The number of carboxylic acid groups (broad SMARTS) is 1.